The second-order valence-corrected chi connectivity index (χ2v) is 3.54. The predicted octanol–water partition coefficient (Wildman–Crippen LogP) is 0.687. The number of rotatable bonds is 1. The normalized spacial score (nSPS) is 27.8. The molecule has 1 aromatic rings. The molecule has 0 radical (unpaired) electrons. The lowest BCUT2D eigenvalue weighted by Gasteiger charge is -2.07. The quantitative estimate of drug-likeness (QED) is 0.665. The largest absolute Gasteiger partial charge is 0.393 e. The van der Waals surface area contributed by atoms with Crippen molar-refractivity contribution in [1.29, 1.82) is 0 Å². The van der Waals surface area contributed by atoms with E-state index in [0.29, 0.717) is 11.9 Å². The fourth-order valence-corrected chi connectivity index (χ4v) is 1.82. The Bertz CT molecular complexity index is 285. The van der Waals surface area contributed by atoms with Gasteiger partial charge in [-0.05, 0) is 30.7 Å². The van der Waals surface area contributed by atoms with Crippen LogP contribution in [0, 0.1) is 0 Å². The van der Waals surface area contributed by atoms with Gasteiger partial charge >= 0.3 is 0 Å². The molecule has 1 aliphatic carbocycles. The lowest BCUT2D eigenvalue weighted by Crippen LogP contribution is -2.01. The van der Waals surface area contributed by atoms with Gasteiger partial charge in [0.1, 0.15) is 0 Å². The molecule has 0 aliphatic heterocycles. The van der Waals surface area contributed by atoms with Crippen LogP contribution in [-0.2, 0) is 0 Å². The van der Waals surface area contributed by atoms with E-state index in [9.17, 15) is 5.11 Å². The number of aliphatic hydroxyl groups excluding tert-OH is 1. The molecule has 4 heteroatoms. The minimum Gasteiger partial charge on any atom is -0.393 e. The molecule has 13 heavy (non-hydrogen) atoms. The second-order valence-electron chi connectivity index (χ2n) is 3.54. The SMILES string of the molecule is Nc1ncc(C2CCC(O)C2)cn1. The third-order valence-electron chi connectivity index (χ3n) is 2.57. The maximum absolute atomic E-state index is 9.35. The first-order valence-electron chi connectivity index (χ1n) is 4.51. The van der Waals surface area contributed by atoms with Crippen molar-refractivity contribution >= 4 is 5.95 Å². The minimum atomic E-state index is -0.150. The number of nitrogen functional groups attached to an aromatic ring is 1. The van der Waals surface area contributed by atoms with Gasteiger partial charge in [0.2, 0.25) is 5.95 Å². The maximum atomic E-state index is 9.35. The predicted molar refractivity (Wildman–Crippen MR) is 49.0 cm³/mol. The number of nitrogens with two attached hydrogens (primary N) is 1. The zero-order valence-electron chi connectivity index (χ0n) is 7.35. The van der Waals surface area contributed by atoms with Gasteiger partial charge in [0.15, 0.2) is 0 Å². The van der Waals surface area contributed by atoms with Crippen molar-refractivity contribution in [3.8, 4) is 0 Å². The zero-order valence-corrected chi connectivity index (χ0v) is 7.35. The van der Waals surface area contributed by atoms with Gasteiger partial charge < -0.3 is 10.8 Å². The molecule has 0 spiro atoms. The van der Waals surface area contributed by atoms with Crippen molar-refractivity contribution in [2.75, 3.05) is 5.73 Å². The molecule has 70 valence electrons. The van der Waals surface area contributed by atoms with Gasteiger partial charge in [-0.1, -0.05) is 0 Å². The third-order valence-corrected chi connectivity index (χ3v) is 2.57. The number of nitrogens with zero attached hydrogens (tertiary/aromatic N) is 2. The van der Waals surface area contributed by atoms with Gasteiger partial charge in [-0.15, -0.1) is 0 Å². The van der Waals surface area contributed by atoms with Crippen LogP contribution < -0.4 is 5.73 Å². The fourth-order valence-electron chi connectivity index (χ4n) is 1.82. The van der Waals surface area contributed by atoms with Crippen molar-refractivity contribution in [2.45, 2.75) is 31.3 Å². The molecule has 4 nitrogen and oxygen atoms in total. The Morgan fingerprint density at radius 1 is 1.31 bits per heavy atom. The molecular weight excluding hydrogens is 166 g/mol. The number of aromatic nitrogens is 2. The summed E-state index contributed by atoms with van der Waals surface area (Å²) in [5.41, 5.74) is 6.47. The highest BCUT2D eigenvalue weighted by molar-refractivity contribution is 5.20. The van der Waals surface area contributed by atoms with E-state index in [2.05, 4.69) is 9.97 Å². The molecular formula is C9H13N3O. The van der Waals surface area contributed by atoms with Crippen molar-refractivity contribution in [3.05, 3.63) is 18.0 Å². The highest BCUT2D eigenvalue weighted by atomic mass is 16.3. The van der Waals surface area contributed by atoms with Crippen molar-refractivity contribution in [1.82, 2.24) is 9.97 Å². The smallest absolute Gasteiger partial charge is 0.219 e. The molecule has 2 rings (SSSR count). The van der Waals surface area contributed by atoms with Gasteiger partial charge in [0.25, 0.3) is 0 Å². The van der Waals surface area contributed by atoms with Crippen molar-refractivity contribution < 1.29 is 5.11 Å². The summed E-state index contributed by atoms with van der Waals surface area (Å²) in [7, 11) is 0. The first-order valence-corrected chi connectivity index (χ1v) is 4.51. The lowest BCUT2D eigenvalue weighted by molar-refractivity contribution is 0.181. The van der Waals surface area contributed by atoms with Crippen LogP contribution in [0.3, 0.4) is 0 Å². The Morgan fingerprint density at radius 3 is 2.54 bits per heavy atom. The Labute approximate surface area is 76.8 Å². The third kappa shape index (κ3) is 1.78. The van der Waals surface area contributed by atoms with Crippen LogP contribution in [0.25, 0.3) is 0 Å². The van der Waals surface area contributed by atoms with E-state index < -0.39 is 0 Å². The van der Waals surface area contributed by atoms with E-state index in [1.807, 2.05) is 0 Å². The summed E-state index contributed by atoms with van der Waals surface area (Å²) in [6, 6.07) is 0. The first kappa shape index (κ1) is 8.44. The number of anilines is 1. The molecule has 3 N–H and O–H groups in total. The lowest BCUT2D eigenvalue weighted by atomic mass is 10.0. The standard InChI is InChI=1S/C9H13N3O/c10-9-11-4-7(5-12-9)6-1-2-8(13)3-6/h4-6,8,13H,1-3H2,(H2,10,11,12). The average Bonchev–Trinajstić information content (AvgIpc) is 2.53. The van der Waals surface area contributed by atoms with E-state index in [-0.39, 0.29) is 6.10 Å². The summed E-state index contributed by atoms with van der Waals surface area (Å²) in [5.74, 6) is 0.720. The molecule has 1 saturated carbocycles. The highest BCUT2D eigenvalue weighted by Gasteiger charge is 2.24. The molecule has 0 amide bonds. The molecule has 0 saturated heterocycles. The highest BCUT2D eigenvalue weighted by Crippen LogP contribution is 2.33. The number of hydrogen-bond donors (Lipinski definition) is 2. The van der Waals surface area contributed by atoms with Crippen molar-refractivity contribution in [2.24, 2.45) is 0 Å². The summed E-state index contributed by atoms with van der Waals surface area (Å²) in [4.78, 5) is 7.87. The van der Waals surface area contributed by atoms with Gasteiger partial charge in [-0.2, -0.15) is 0 Å². The molecule has 1 heterocycles. The Morgan fingerprint density at radius 2 is 2.00 bits per heavy atom. The van der Waals surface area contributed by atoms with Gasteiger partial charge in [-0.3, -0.25) is 0 Å². The Hall–Kier alpha value is -1.16. The second kappa shape index (κ2) is 3.30. The van der Waals surface area contributed by atoms with Crippen LogP contribution >= 0.6 is 0 Å². The van der Waals surface area contributed by atoms with E-state index in [1.54, 1.807) is 12.4 Å². The average molecular weight is 179 g/mol. The Kier molecular flexibility index (Phi) is 2.14. The van der Waals surface area contributed by atoms with E-state index in [0.717, 1.165) is 24.8 Å². The van der Waals surface area contributed by atoms with Crippen LogP contribution in [0.1, 0.15) is 30.7 Å². The molecule has 1 fully saturated rings. The summed E-state index contributed by atoms with van der Waals surface area (Å²) >= 11 is 0. The molecule has 1 aromatic heterocycles. The number of aliphatic hydroxyl groups is 1. The van der Waals surface area contributed by atoms with Crippen LogP contribution in [-0.4, -0.2) is 21.2 Å². The molecule has 2 unspecified atom stereocenters. The van der Waals surface area contributed by atoms with Crippen molar-refractivity contribution in [3.63, 3.8) is 0 Å². The zero-order chi connectivity index (χ0) is 9.26. The van der Waals surface area contributed by atoms with Crippen LogP contribution in [0.15, 0.2) is 12.4 Å². The van der Waals surface area contributed by atoms with Gasteiger partial charge in [-0.25, -0.2) is 9.97 Å². The van der Waals surface area contributed by atoms with Gasteiger partial charge in [0, 0.05) is 12.4 Å². The van der Waals surface area contributed by atoms with E-state index in [4.69, 9.17) is 5.73 Å². The maximum Gasteiger partial charge on any atom is 0.219 e. The number of hydrogen-bond acceptors (Lipinski definition) is 4. The first-order chi connectivity index (χ1) is 6.25. The van der Waals surface area contributed by atoms with Crippen LogP contribution in [0.5, 0.6) is 0 Å². The minimum absolute atomic E-state index is 0.150. The summed E-state index contributed by atoms with van der Waals surface area (Å²) < 4.78 is 0. The van der Waals surface area contributed by atoms with Crippen LogP contribution in [0.2, 0.25) is 0 Å². The summed E-state index contributed by atoms with van der Waals surface area (Å²) in [5, 5.41) is 9.35. The monoisotopic (exact) mass is 179 g/mol. The molecule has 0 bridgehead atoms. The van der Waals surface area contributed by atoms with Crippen LogP contribution in [0.4, 0.5) is 5.95 Å². The molecule has 0 aromatic carbocycles. The Balaban J connectivity index is 2.13. The molecule has 2 atom stereocenters. The summed E-state index contributed by atoms with van der Waals surface area (Å²) in [6.45, 7) is 0. The summed E-state index contributed by atoms with van der Waals surface area (Å²) in [6.07, 6.45) is 6.09. The van der Waals surface area contributed by atoms with E-state index >= 15 is 0 Å². The molecule has 1 aliphatic rings. The van der Waals surface area contributed by atoms with Gasteiger partial charge in [0.05, 0.1) is 6.10 Å². The van der Waals surface area contributed by atoms with E-state index in [1.165, 1.54) is 0 Å². The topological polar surface area (TPSA) is 72.0 Å². The fraction of sp³-hybridized carbons (Fsp3) is 0.556.